The van der Waals surface area contributed by atoms with Gasteiger partial charge in [-0.05, 0) is 36.3 Å². The summed E-state index contributed by atoms with van der Waals surface area (Å²) >= 11 is 0. The Morgan fingerprint density at radius 1 is 1.20 bits per heavy atom. The summed E-state index contributed by atoms with van der Waals surface area (Å²) in [6.45, 7) is 3.99. The average Bonchev–Trinajstić information content (AvgIpc) is 2.92. The van der Waals surface area contributed by atoms with E-state index in [1.807, 2.05) is 19.9 Å². The van der Waals surface area contributed by atoms with Crippen molar-refractivity contribution in [2.45, 2.75) is 20.4 Å². The first-order valence-electron chi connectivity index (χ1n) is 6.18. The van der Waals surface area contributed by atoms with Gasteiger partial charge in [0.05, 0.1) is 24.8 Å². The summed E-state index contributed by atoms with van der Waals surface area (Å²) in [4.78, 5) is 26.9. The second-order valence-electron chi connectivity index (χ2n) is 4.82. The molecule has 7 nitrogen and oxygen atoms in total. The Balaban J connectivity index is 2.07. The van der Waals surface area contributed by atoms with Gasteiger partial charge in [-0.15, -0.1) is 10.2 Å². The van der Waals surface area contributed by atoms with E-state index in [0.717, 1.165) is 11.1 Å². The van der Waals surface area contributed by atoms with Crippen molar-refractivity contribution in [3.63, 3.8) is 0 Å². The molecule has 0 bridgehead atoms. The molecule has 0 N–H and O–H groups in total. The molecule has 1 aliphatic rings. The van der Waals surface area contributed by atoms with Gasteiger partial charge in [-0.3, -0.25) is 14.5 Å². The molecule has 1 amide bonds. The Hall–Kier alpha value is -2.57. The third-order valence-electron chi connectivity index (χ3n) is 3.51. The van der Waals surface area contributed by atoms with Crippen molar-refractivity contribution in [3.8, 4) is 0 Å². The van der Waals surface area contributed by atoms with Crippen LogP contribution in [-0.4, -0.2) is 31.9 Å². The van der Waals surface area contributed by atoms with Gasteiger partial charge in [-0.2, -0.15) is 4.80 Å². The molecule has 1 aromatic heterocycles. The molecular formula is C13H13N5O2. The van der Waals surface area contributed by atoms with Gasteiger partial charge in [0, 0.05) is 0 Å². The van der Waals surface area contributed by atoms with Crippen LogP contribution in [0.1, 0.15) is 27.3 Å². The number of carbonyl (C=O) groups excluding carboxylic acids is 2. The zero-order chi connectivity index (χ0) is 14.4. The maximum Gasteiger partial charge on any atom is 0.299 e. The number of benzene rings is 1. The Labute approximate surface area is 115 Å². The summed E-state index contributed by atoms with van der Waals surface area (Å²) in [7, 11) is 1.65. The van der Waals surface area contributed by atoms with Crippen molar-refractivity contribution in [2.24, 2.45) is 7.05 Å². The fourth-order valence-corrected chi connectivity index (χ4v) is 2.35. The number of amides is 1. The smallest absolute Gasteiger partial charge is 0.297 e. The van der Waals surface area contributed by atoms with Crippen molar-refractivity contribution < 1.29 is 9.59 Å². The lowest BCUT2D eigenvalue weighted by atomic mass is 10.0. The van der Waals surface area contributed by atoms with E-state index in [4.69, 9.17) is 0 Å². The number of hydrogen-bond donors (Lipinski definition) is 0. The first-order chi connectivity index (χ1) is 9.49. The summed E-state index contributed by atoms with van der Waals surface area (Å²) in [6.07, 6.45) is 0. The van der Waals surface area contributed by atoms with Crippen molar-refractivity contribution in [3.05, 3.63) is 34.6 Å². The highest BCUT2D eigenvalue weighted by Gasteiger charge is 2.37. The molecule has 0 atom stereocenters. The number of nitrogens with zero attached hydrogens (tertiary/aromatic N) is 5. The van der Waals surface area contributed by atoms with E-state index < -0.39 is 11.7 Å². The summed E-state index contributed by atoms with van der Waals surface area (Å²) < 4.78 is 0. The number of anilines is 1. The van der Waals surface area contributed by atoms with Crippen molar-refractivity contribution in [1.82, 2.24) is 20.2 Å². The first-order valence-corrected chi connectivity index (χ1v) is 6.18. The van der Waals surface area contributed by atoms with Crippen LogP contribution < -0.4 is 4.90 Å². The summed E-state index contributed by atoms with van der Waals surface area (Å²) in [5, 5.41) is 11.6. The third kappa shape index (κ3) is 1.70. The maximum atomic E-state index is 12.1. The Morgan fingerprint density at radius 3 is 2.60 bits per heavy atom. The molecule has 2 heterocycles. The molecule has 0 saturated carbocycles. The Bertz CT molecular complexity index is 734. The van der Waals surface area contributed by atoms with Crippen molar-refractivity contribution in [1.29, 1.82) is 0 Å². The van der Waals surface area contributed by atoms with Crippen LogP contribution in [-0.2, 0) is 18.4 Å². The lowest BCUT2D eigenvalue weighted by Gasteiger charge is -2.17. The van der Waals surface area contributed by atoms with Crippen molar-refractivity contribution in [2.75, 3.05) is 4.90 Å². The van der Waals surface area contributed by atoms with Crippen LogP contribution in [0, 0.1) is 13.8 Å². The minimum Gasteiger partial charge on any atom is -0.297 e. The molecule has 20 heavy (non-hydrogen) atoms. The summed E-state index contributed by atoms with van der Waals surface area (Å²) in [5.74, 6) is -0.615. The normalized spacial score (nSPS) is 14.1. The fourth-order valence-electron chi connectivity index (χ4n) is 2.35. The van der Waals surface area contributed by atoms with Gasteiger partial charge in [-0.1, -0.05) is 6.07 Å². The lowest BCUT2D eigenvalue weighted by Crippen LogP contribution is -2.30. The fraction of sp³-hybridized carbons (Fsp3) is 0.308. The van der Waals surface area contributed by atoms with E-state index in [9.17, 15) is 9.59 Å². The molecule has 1 aromatic carbocycles. The van der Waals surface area contributed by atoms with Gasteiger partial charge in [0.1, 0.15) is 0 Å². The quantitative estimate of drug-likeness (QED) is 0.745. The van der Waals surface area contributed by atoms with Crippen LogP contribution in [0.3, 0.4) is 0 Å². The molecule has 102 valence electrons. The molecule has 0 aliphatic carbocycles. The maximum absolute atomic E-state index is 12.1. The number of tetrazole rings is 1. The highest BCUT2D eigenvalue weighted by Crippen LogP contribution is 2.34. The first kappa shape index (κ1) is 12.5. The molecule has 0 fully saturated rings. The zero-order valence-corrected chi connectivity index (χ0v) is 11.4. The topological polar surface area (TPSA) is 81.0 Å². The predicted octanol–water partition coefficient (Wildman–Crippen LogP) is 0.556. The molecule has 0 spiro atoms. The van der Waals surface area contributed by atoms with Crippen LogP contribution in [0.5, 0.6) is 0 Å². The standard InChI is InChI=1S/C13H13N5O2/c1-7-4-5-9-11(8(7)2)18(13(20)12(9)19)6-10-14-16-17(3)15-10/h4-5H,6H2,1-3H3. The number of rotatable bonds is 2. The zero-order valence-electron chi connectivity index (χ0n) is 11.4. The van der Waals surface area contributed by atoms with E-state index in [0.29, 0.717) is 17.1 Å². The highest BCUT2D eigenvalue weighted by atomic mass is 16.2. The number of carbonyl (C=O) groups is 2. The van der Waals surface area contributed by atoms with Crippen LogP contribution in [0.2, 0.25) is 0 Å². The summed E-state index contributed by atoms with van der Waals surface area (Å²) in [5.41, 5.74) is 3.06. The van der Waals surface area contributed by atoms with Crippen LogP contribution >= 0.6 is 0 Å². The van der Waals surface area contributed by atoms with E-state index in [1.54, 1.807) is 13.1 Å². The molecule has 3 rings (SSSR count). The molecule has 2 aromatic rings. The number of hydrogen-bond acceptors (Lipinski definition) is 5. The minimum absolute atomic E-state index is 0.149. The van der Waals surface area contributed by atoms with Gasteiger partial charge in [0.25, 0.3) is 11.7 Å². The number of aromatic nitrogens is 4. The minimum atomic E-state index is -0.541. The third-order valence-corrected chi connectivity index (χ3v) is 3.51. The molecule has 1 aliphatic heterocycles. The van der Waals surface area contributed by atoms with Gasteiger partial charge < -0.3 is 0 Å². The van der Waals surface area contributed by atoms with Gasteiger partial charge in [0.15, 0.2) is 5.82 Å². The molecule has 7 heteroatoms. The van der Waals surface area contributed by atoms with Gasteiger partial charge >= 0.3 is 0 Å². The van der Waals surface area contributed by atoms with Crippen LogP contribution in [0.4, 0.5) is 5.69 Å². The van der Waals surface area contributed by atoms with E-state index >= 15 is 0 Å². The lowest BCUT2D eigenvalue weighted by molar-refractivity contribution is -0.114. The molecule has 0 radical (unpaired) electrons. The molecule has 0 unspecified atom stereocenters. The summed E-state index contributed by atoms with van der Waals surface area (Å²) in [6, 6.07) is 3.55. The van der Waals surface area contributed by atoms with Crippen molar-refractivity contribution >= 4 is 17.4 Å². The largest absolute Gasteiger partial charge is 0.299 e. The predicted molar refractivity (Wildman–Crippen MR) is 70.2 cm³/mol. The second-order valence-corrected chi connectivity index (χ2v) is 4.82. The number of aryl methyl sites for hydroxylation is 2. The van der Waals surface area contributed by atoms with Crippen LogP contribution in [0.25, 0.3) is 0 Å². The SMILES string of the molecule is Cc1ccc2c(c1C)N(Cc1nnn(C)n1)C(=O)C2=O. The van der Waals surface area contributed by atoms with Crippen LogP contribution in [0.15, 0.2) is 12.1 Å². The van der Waals surface area contributed by atoms with Gasteiger partial charge in [0.2, 0.25) is 0 Å². The van der Waals surface area contributed by atoms with Gasteiger partial charge in [-0.25, -0.2) is 0 Å². The second kappa shape index (κ2) is 4.22. The Kier molecular flexibility index (Phi) is 2.63. The number of fused-ring (bicyclic) bond motifs is 1. The monoisotopic (exact) mass is 271 g/mol. The van der Waals surface area contributed by atoms with E-state index in [2.05, 4.69) is 15.4 Å². The highest BCUT2D eigenvalue weighted by molar-refractivity contribution is 6.52. The number of Topliss-reactive ketones (excluding diaryl/α,β-unsaturated/α-hetero) is 1. The molecule has 0 saturated heterocycles. The van der Waals surface area contributed by atoms with E-state index in [-0.39, 0.29) is 6.54 Å². The average molecular weight is 271 g/mol. The molecular weight excluding hydrogens is 258 g/mol. The Morgan fingerprint density at radius 2 is 1.95 bits per heavy atom. The van der Waals surface area contributed by atoms with E-state index in [1.165, 1.54) is 9.70 Å². The number of ketones is 1.